The van der Waals surface area contributed by atoms with E-state index in [1.54, 1.807) is 0 Å². The van der Waals surface area contributed by atoms with Crippen molar-refractivity contribution in [1.29, 1.82) is 0 Å². The van der Waals surface area contributed by atoms with Gasteiger partial charge in [0, 0.05) is 35.7 Å². The lowest BCUT2D eigenvalue weighted by atomic mass is 9.90. The minimum absolute atomic E-state index is 0.222. The van der Waals surface area contributed by atoms with Gasteiger partial charge in [0.1, 0.15) is 0 Å². The van der Waals surface area contributed by atoms with E-state index in [9.17, 15) is 0 Å². The van der Waals surface area contributed by atoms with Crippen LogP contribution in [0.15, 0.2) is 34.5 Å². The van der Waals surface area contributed by atoms with Crippen molar-refractivity contribution in [1.82, 2.24) is 0 Å². The van der Waals surface area contributed by atoms with Crippen molar-refractivity contribution in [3.05, 3.63) is 24.6 Å². The predicted octanol–water partition coefficient (Wildman–Crippen LogP) is 3.37. The van der Waals surface area contributed by atoms with Gasteiger partial charge in [-0.25, -0.2) is 0 Å². The maximum atomic E-state index is 4.12. The lowest BCUT2D eigenvalue weighted by Crippen LogP contribution is -2.14. The molecule has 0 aromatic rings. The third kappa shape index (κ3) is 2.95. The molecule has 0 N–H and O–H groups in total. The van der Waals surface area contributed by atoms with Gasteiger partial charge < -0.3 is 0 Å². The number of rotatable bonds is 0. The van der Waals surface area contributed by atoms with Gasteiger partial charge in [0.25, 0.3) is 0 Å². The van der Waals surface area contributed by atoms with Crippen LogP contribution in [0.4, 0.5) is 0 Å². The topological polar surface area (TPSA) is 24.7 Å². The molecule has 2 rings (SSSR count). The second-order valence-electron chi connectivity index (χ2n) is 4.21. The standard InChI is InChI=1S/C7H11N.C5H7N/c1-6-7(2,3)4-5-8-6;1-5-3-2-4-6-5/h4-5H,1-3H3;2,4H,3H2,1H3. The third-order valence-electron chi connectivity index (χ3n) is 2.51. The van der Waals surface area contributed by atoms with Gasteiger partial charge in [-0.3, -0.25) is 9.98 Å². The molecule has 0 aromatic heterocycles. The van der Waals surface area contributed by atoms with E-state index in [4.69, 9.17) is 0 Å². The average Bonchev–Trinajstić information content (AvgIpc) is 2.65. The van der Waals surface area contributed by atoms with E-state index in [0.29, 0.717) is 0 Å². The molecule has 0 amide bonds. The van der Waals surface area contributed by atoms with Crippen LogP contribution >= 0.6 is 0 Å². The highest BCUT2D eigenvalue weighted by Crippen LogP contribution is 2.23. The molecule has 2 aliphatic heterocycles. The van der Waals surface area contributed by atoms with Gasteiger partial charge in [0.2, 0.25) is 0 Å². The fourth-order valence-electron chi connectivity index (χ4n) is 1.08. The maximum absolute atomic E-state index is 4.12. The van der Waals surface area contributed by atoms with Gasteiger partial charge in [-0.15, -0.1) is 0 Å². The highest BCUT2D eigenvalue weighted by Gasteiger charge is 2.20. The molecule has 0 bridgehead atoms. The van der Waals surface area contributed by atoms with Crippen molar-refractivity contribution in [2.24, 2.45) is 15.4 Å². The molecule has 0 unspecified atom stereocenters. The van der Waals surface area contributed by atoms with Crippen molar-refractivity contribution < 1.29 is 0 Å². The first kappa shape index (κ1) is 10.9. The van der Waals surface area contributed by atoms with Gasteiger partial charge in [-0.1, -0.05) is 26.0 Å². The third-order valence-corrected chi connectivity index (χ3v) is 2.51. The van der Waals surface area contributed by atoms with Gasteiger partial charge in [-0.05, 0) is 13.8 Å². The fraction of sp³-hybridized carbons (Fsp3) is 0.500. The Bertz CT molecular complexity index is 317. The van der Waals surface area contributed by atoms with Gasteiger partial charge in [0.05, 0.1) is 0 Å². The highest BCUT2D eigenvalue weighted by molar-refractivity contribution is 5.91. The van der Waals surface area contributed by atoms with E-state index in [-0.39, 0.29) is 5.41 Å². The molecule has 0 saturated heterocycles. The Morgan fingerprint density at radius 3 is 2.00 bits per heavy atom. The molecule has 2 aliphatic rings. The van der Waals surface area contributed by atoms with Crippen molar-refractivity contribution >= 4 is 11.4 Å². The van der Waals surface area contributed by atoms with Crippen molar-refractivity contribution in [3.63, 3.8) is 0 Å². The van der Waals surface area contributed by atoms with Crippen LogP contribution in [0.1, 0.15) is 34.1 Å². The smallest absolute Gasteiger partial charge is 0.0242 e. The van der Waals surface area contributed by atoms with Crippen molar-refractivity contribution in [2.75, 3.05) is 0 Å². The van der Waals surface area contributed by atoms with Crippen LogP contribution < -0.4 is 0 Å². The van der Waals surface area contributed by atoms with Crippen LogP contribution in [0.3, 0.4) is 0 Å². The monoisotopic (exact) mass is 190 g/mol. The lowest BCUT2D eigenvalue weighted by molar-refractivity contribution is 0.685. The summed E-state index contributed by atoms with van der Waals surface area (Å²) in [5, 5.41) is 0. The van der Waals surface area contributed by atoms with Gasteiger partial charge in [0.15, 0.2) is 0 Å². The quantitative estimate of drug-likeness (QED) is 0.559. The Hall–Kier alpha value is -1.18. The lowest BCUT2D eigenvalue weighted by Gasteiger charge is -2.13. The summed E-state index contributed by atoms with van der Waals surface area (Å²) in [5.41, 5.74) is 2.65. The van der Waals surface area contributed by atoms with E-state index < -0.39 is 0 Å². The van der Waals surface area contributed by atoms with Crippen LogP contribution in [0.5, 0.6) is 0 Å². The minimum atomic E-state index is 0.222. The first-order valence-corrected chi connectivity index (χ1v) is 4.93. The Morgan fingerprint density at radius 1 is 1.14 bits per heavy atom. The molecular weight excluding hydrogens is 172 g/mol. The molecule has 2 nitrogen and oxygen atoms in total. The summed E-state index contributed by atoms with van der Waals surface area (Å²) >= 11 is 0. The zero-order chi connectivity index (χ0) is 10.6. The first-order valence-electron chi connectivity index (χ1n) is 4.93. The molecule has 2 heterocycles. The van der Waals surface area contributed by atoms with Crippen LogP contribution in [-0.2, 0) is 0 Å². The van der Waals surface area contributed by atoms with Crippen LogP contribution in [0.2, 0.25) is 0 Å². The normalized spacial score (nSPS) is 21.4. The summed E-state index contributed by atoms with van der Waals surface area (Å²) in [6.45, 7) is 8.41. The average molecular weight is 190 g/mol. The Labute approximate surface area is 86.2 Å². The Balaban J connectivity index is 0.000000146. The predicted molar refractivity (Wildman–Crippen MR) is 62.9 cm³/mol. The fourth-order valence-corrected chi connectivity index (χ4v) is 1.08. The zero-order valence-corrected chi connectivity index (χ0v) is 9.41. The number of hydrogen-bond acceptors (Lipinski definition) is 2. The van der Waals surface area contributed by atoms with Crippen molar-refractivity contribution in [3.8, 4) is 0 Å². The number of allylic oxidation sites excluding steroid dienone is 2. The molecule has 14 heavy (non-hydrogen) atoms. The summed E-state index contributed by atoms with van der Waals surface area (Å²) in [4.78, 5) is 8.10. The molecule has 0 fully saturated rings. The summed E-state index contributed by atoms with van der Waals surface area (Å²) < 4.78 is 0. The van der Waals surface area contributed by atoms with E-state index in [0.717, 1.165) is 6.42 Å². The SMILES string of the molecule is CC1=NC=CC1.CC1=NC=CC1(C)C. The molecule has 0 aromatic carbocycles. The molecule has 0 atom stereocenters. The van der Waals surface area contributed by atoms with Gasteiger partial charge in [-0.2, -0.15) is 0 Å². The molecule has 76 valence electrons. The van der Waals surface area contributed by atoms with E-state index in [1.807, 2.05) is 19.3 Å². The largest absolute Gasteiger partial charge is 0.266 e. The van der Waals surface area contributed by atoms with Crippen LogP contribution in [0, 0.1) is 5.41 Å². The zero-order valence-electron chi connectivity index (χ0n) is 9.41. The van der Waals surface area contributed by atoms with Crippen LogP contribution in [0.25, 0.3) is 0 Å². The first-order chi connectivity index (χ1) is 6.52. The Kier molecular flexibility index (Phi) is 3.39. The second-order valence-corrected chi connectivity index (χ2v) is 4.21. The molecular formula is C12H18N2. The van der Waals surface area contributed by atoms with Gasteiger partial charge >= 0.3 is 0 Å². The number of aliphatic imine (C=N–C) groups is 2. The highest BCUT2D eigenvalue weighted by atomic mass is 14.7. The maximum Gasteiger partial charge on any atom is 0.0242 e. The minimum Gasteiger partial charge on any atom is -0.266 e. The number of hydrogen-bond donors (Lipinski definition) is 0. The van der Waals surface area contributed by atoms with E-state index in [1.165, 1.54) is 11.4 Å². The van der Waals surface area contributed by atoms with E-state index >= 15 is 0 Å². The summed E-state index contributed by atoms with van der Waals surface area (Å²) in [6, 6.07) is 0. The second kappa shape index (κ2) is 4.36. The molecule has 0 radical (unpaired) electrons. The summed E-state index contributed by atoms with van der Waals surface area (Å²) in [5.74, 6) is 0. The summed E-state index contributed by atoms with van der Waals surface area (Å²) in [7, 11) is 0. The van der Waals surface area contributed by atoms with Crippen LogP contribution in [-0.4, -0.2) is 11.4 Å². The van der Waals surface area contributed by atoms with E-state index in [2.05, 4.69) is 42.9 Å². The Morgan fingerprint density at radius 2 is 1.86 bits per heavy atom. The molecule has 0 spiro atoms. The van der Waals surface area contributed by atoms with Crippen molar-refractivity contribution in [2.45, 2.75) is 34.1 Å². The molecule has 0 aliphatic carbocycles. The molecule has 0 saturated carbocycles. The number of nitrogens with zero attached hydrogens (tertiary/aromatic N) is 2. The molecule has 2 heteroatoms. The summed E-state index contributed by atoms with van der Waals surface area (Å²) in [6.07, 6.45) is 8.93.